The Balaban J connectivity index is 3.15. The molecule has 0 heterocycles. The molecule has 1 nitrogen and oxygen atoms in total. The molecule has 0 atom stereocenters. The van der Waals surface area contributed by atoms with Gasteiger partial charge in [-0.05, 0) is 5.92 Å². The first-order valence-electron chi connectivity index (χ1n) is 2.84. The Hall–Kier alpha value is -0.480. The van der Waals surface area contributed by atoms with Crippen LogP contribution in [0.1, 0.15) is 20.3 Å². The Morgan fingerprint density at radius 2 is 2.00 bits per heavy atom. The molecular formula is C7H12O. The molecule has 0 rings (SSSR count). The quantitative estimate of drug-likeness (QED) is 0.502. The van der Waals surface area contributed by atoms with Crippen molar-refractivity contribution in [1.82, 2.24) is 0 Å². The molecule has 0 fully saturated rings. The van der Waals surface area contributed by atoms with Crippen LogP contribution >= 0.6 is 0 Å². The van der Waals surface area contributed by atoms with Crippen LogP contribution in [0.4, 0.5) is 0 Å². The summed E-state index contributed by atoms with van der Waals surface area (Å²) in [4.78, 5) is 0. The molecule has 0 aliphatic carbocycles. The summed E-state index contributed by atoms with van der Waals surface area (Å²) in [7, 11) is 0. The van der Waals surface area contributed by atoms with Crippen LogP contribution in [-0.2, 0) is 0 Å². The zero-order valence-corrected chi connectivity index (χ0v) is 5.44. The minimum absolute atomic E-state index is 0.00722. The summed E-state index contributed by atoms with van der Waals surface area (Å²) in [6.07, 6.45) is 0.889. The van der Waals surface area contributed by atoms with Crippen LogP contribution < -0.4 is 0 Å². The second-order valence-electron chi connectivity index (χ2n) is 2.11. The van der Waals surface area contributed by atoms with Gasteiger partial charge in [0.05, 0.1) is 0 Å². The second-order valence-corrected chi connectivity index (χ2v) is 2.11. The van der Waals surface area contributed by atoms with Gasteiger partial charge in [0.15, 0.2) is 0 Å². The molecule has 0 radical (unpaired) electrons. The van der Waals surface area contributed by atoms with Crippen LogP contribution in [-0.4, -0.2) is 11.7 Å². The van der Waals surface area contributed by atoms with E-state index < -0.39 is 0 Å². The Morgan fingerprint density at radius 3 is 2.38 bits per heavy atom. The molecule has 0 amide bonds. The maximum Gasteiger partial charge on any atom is 0.104 e. The van der Waals surface area contributed by atoms with Gasteiger partial charge >= 0.3 is 0 Å². The van der Waals surface area contributed by atoms with Crippen molar-refractivity contribution in [3.05, 3.63) is 0 Å². The molecular weight excluding hydrogens is 100 g/mol. The summed E-state index contributed by atoms with van der Waals surface area (Å²) in [6, 6.07) is 0. The van der Waals surface area contributed by atoms with Gasteiger partial charge in [-0.3, -0.25) is 0 Å². The molecule has 8 heavy (non-hydrogen) atoms. The van der Waals surface area contributed by atoms with E-state index in [9.17, 15) is 0 Å². The third-order valence-corrected chi connectivity index (χ3v) is 0.714. The van der Waals surface area contributed by atoms with Crippen molar-refractivity contribution in [2.75, 3.05) is 6.61 Å². The SMILES string of the molecule is CC(C)CC#CCO. The third-order valence-electron chi connectivity index (χ3n) is 0.714. The Kier molecular flexibility index (Phi) is 4.39. The molecule has 46 valence electrons. The number of hydrogen-bond donors (Lipinski definition) is 1. The molecule has 0 spiro atoms. The largest absolute Gasteiger partial charge is 0.384 e. The molecule has 0 aliphatic heterocycles. The maximum absolute atomic E-state index is 8.21. The molecule has 0 aromatic heterocycles. The van der Waals surface area contributed by atoms with Gasteiger partial charge in [-0.15, -0.1) is 5.92 Å². The van der Waals surface area contributed by atoms with E-state index in [4.69, 9.17) is 5.11 Å². The van der Waals surface area contributed by atoms with E-state index in [1.165, 1.54) is 0 Å². The van der Waals surface area contributed by atoms with E-state index in [-0.39, 0.29) is 6.61 Å². The zero-order chi connectivity index (χ0) is 6.41. The van der Waals surface area contributed by atoms with Gasteiger partial charge in [-0.2, -0.15) is 0 Å². The molecule has 0 aromatic rings. The van der Waals surface area contributed by atoms with Gasteiger partial charge in [0.25, 0.3) is 0 Å². The van der Waals surface area contributed by atoms with Crippen molar-refractivity contribution in [2.45, 2.75) is 20.3 Å². The van der Waals surface area contributed by atoms with Crippen LogP contribution in [0.5, 0.6) is 0 Å². The normalized spacial score (nSPS) is 8.50. The summed E-state index contributed by atoms with van der Waals surface area (Å²) < 4.78 is 0. The van der Waals surface area contributed by atoms with Gasteiger partial charge in [0, 0.05) is 6.42 Å². The van der Waals surface area contributed by atoms with E-state index in [0.717, 1.165) is 6.42 Å². The minimum atomic E-state index is -0.00722. The lowest BCUT2D eigenvalue weighted by molar-refractivity contribution is 0.350. The summed E-state index contributed by atoms with van der Waals surface area (Å²) >= 11 is 0. The van der Waals surface area contributed by atoms with Crippen LogP contribution in [0.2, 0.25) is 0 Å². The number of rotatable bonds is 1. The highest BCUT2D eigenvalue weighted by Crippen LogP contribution is 1.94. The standard InChI is InChI=1S/C7H12O/c1-7(2)5-3-4-6-8/h7-8H,5-6H2,1-2H3. The molecule has 1 N–H and O–H groups in total. The number of aliphatic hydroxyl groups excluding tert-OH is 1. The molecule has 0 saturated carbocycles. The first-order chi connectivity index (χ1) is 3.77. The topological polar surface area (TPSA) is 20.2 Å². The molecule has 0 saturated heterocycles. The Morgan fingerprint density at radius 1 is 1.38 bits per heavy atom. The summed E-state index contributed by atoms with van der Waals surface area (Å²) in [5, 5.41) is 8.21. The van der Waals surface area contributed by atoms with Crippen molar-refractivity contribution in [2.24, 2.45) is 5.92 Å². The monoisotopic (exact) mass is 112 g/mol. The van der Waals surface area contributed by atoms with Gasteiger partial charge < -0.3 is 5.11 Å². The van der Waals surface area contributed by atoms with Gasteiger partial charge in [0.2, 0.25) is 0 Å². The van der Waals surface area contributed by atoms with Crippen molar-refractivity contribution in [3.63, 3.8) is 0 Å². The summed E-state index contributed by atoms with van der Waals surface area (Å²) in [5.74, 6) is 6.04. The molecule has 1 heteroatoms. The van der Waals surface area contributed by atoms with Crippen molar-refractivity contribution in [3.8, 4) is 11.8 Å². The third kappa shape index (κ3) is 5.52. The second kappa shape index (κ2) is 4.67. The highest BCUT2D eigenvalue weighted by molar-refractivity contribution is 4.98. The lowest BCUT2D eigenvalue weighted by Gasteiger charge is -1.91. The van der Waals surface area contributed by atoms with Crippen LogP contribution in [0.15, 0.2) is 0 Å². The van der Waals surface area contributed by atoms with E-state index in [2.05, 4.69) is 25.7 Å². The van der Waals surface area contributed by atoms with Crippen LogP contribution in [0.25, 0.3) is 0 Å². The average molecular weight is 112 g/mol. The summed E-state index contributed by atoms with van der Waals surface area (Å²) in [5.41, 5.74) is 0. The van der Waals surface area contributed by atoms with E-state index in [1.807, 2.05) is 0 Å². The van der Waals surface area contributed by atoms with Crippen molar-refractivity contribution in [1.29, 1.82) is 0 Å². The fourth-order valence-electron chi connectivity index (χ4n) is 0.332. The number of aliphatic hydroxyl groups is 1. The first kappa shape index (κ1) is 7.52. The predicted molar refractivity (Wildman–Crippen MR) is 34.3 cm³/mol. The number of hydrogen-bond acceptors (Lipinski definition) is 1. The molecule has 0 aromatic carbocycles. The van der Waals surface area contributed by atoms with E-state index >= 15 is 0 Å². The lowest BCUT2D eigenvalue weighted by Crippen LogP contribution is -1.82. The highest BCUT2D eigenvalue weighted by atomic mass is 16.2. The van der Waals surface area contributed by atoms with Crippen molar-refractivity contribution < 1.29 is 5.11 Å². The van der Waals surface area contributed by atoms with Crippen LogP contribution in [0, 0.1) is 17.8 Å². The predicted octanol–water partition coefficient (Wildman–Crippen LogP) is 1.03. The van der Waals surface area contributed by atoms with E-state index in [1.54, 1.807) is 0 Å². The fourth-order valence-corrected chi connectivity index (χ4v) is 0.332. The smallest absolute Gasteiger partial charge is 0.104 e. The maximum atomic E-state index is 8.21. The Labute approximate surface area is 50.7 Å². The van der Waals surface area contributed by atoms with Gasteiger partial charge in [-0.25, -0.2) is 0 Å². The van der Waals surface area contributed by atoms with E-state index in [0.29, 0.717) is 5.92 Å². The molecule has 0 unspecified atom stereocenters. The molecule has 0 aliphatic rings. The first-order valence-corrected chi connectivity index (χ1v) is 2.84. The summed E-state index contributed by atoms with van der Waals surface area (Å²) in [6.45, 7) is 4.20. The molecule has 0 bridgehead atoms. The minimum Gasteiger partial charge on any atom is -0.384 e. The fraction of sp³-hybridized carbons (Fsp3) is 0.714. The highest BCUT2D eigenvalue weighted by Gasteiger charge is 1.84. The lowest BCUT2D eigenvalue weighted by atomic mass is 10.1. The Bertz CT molecular complexity index is 94.7. The average Bonchev–Trinajstić information content (AvgIpc) is 1.66. The van der Waals surface area contributed by atoms with Gasteiger partial charge in [0.1, 0.15) is 6.61 Å². The van der Waals surface area contributed by atoms with Crippen molar-refractivity contribution >= 4 is 0 Å². The zero-order valence-electron chi connectivity index (χ0n) is 5.44. The van der Waals surface area contributed by atoms with Crippen LogP contribution in [0.3, 0.4) is 0 Å². The van der Waals surface area contributed by atoms with Gasteiger partial charge in [-0.1, -0.05) is 19.8 Å².